The van der Waals surface area contributed by atoms with Gasteiger partial charge in [-0.25, -0.2) is 0 Å². The molecule has 2 aromatic carbocycles. The van der Waals surface area contributed by atoms with Gasteiger partial charge in [-0.15, -0.1) is 36.2 Å². The van der Waals surface area contributed by atoms with Gasteiger partial charge in [-0.2, -0.15) is 0 Å². The number of carbonyl (C=O) groups excluding carboxylic acids is 1. The lowest BCUT2D eigenvalue weighted by Gasteiger charge is -2.37. The number of rotatable bonds is 6. The highest BCUT2D eigenvalue weighted by molar-refractivity contribution is 7.21. The molecule has 1 aliphatic rings. The molecule has 1 amide bonds. The number of hydrogen-bond acceptors (Lipinski definition) is 4. The van der Waals surface area contributed by atoms with Gasteiger partial charge in [-0.05, 0) is 73.7 Å². The van der Waals surface area contributed by atoms with Crippen molar-refractivity contribution in [3.05, 3.63) is 88.5 Å². The topological polar surface area (TPSA) is 76.7 Å². The van der Waals surface area contributed by atoms with Crippen LogP contribution >= 0.6 is 47.8 Å². The van der Waals surface area contributed by atoms with Crippen LogP contribution in [0.25, 0.3) is 21.2 Å². The van der Waals surface area contributed by atoms with Crippen LogP contribution in [0.3, 0.4) is 0 Å². The second-order valence-electron chi connectivity index (χ2n) is 8.90. The Labute approximate surface area is 239 Å². The molecule has 0 aliphatic heterocycles. The van der Waals surface area contributed by atoms with E-state index in [0.717, 1.165) is 52.5 Å². The predicted molar refractivity (Wildman–Crippen MR) is 160 cm³/mol. The summed E-state index contributed by atoms with van der Waals surface area (Å²) >= 11 is 8.23. The second-order valence-corrected chi connectivity index (χ2v) is 10.3. The molecule has 2 aromatic heterocycles. The van der Waals surface area contributed by atoms with Gasteiger partial charge < -0.3 is 15.7 Å². The summed E-state index contributed by atoms with van der Waals surface area (Å²) in [7, 11) is 2.02. The van der Waals surface area contributed by atoms with Crippen LogP contribution in [-0.4, -0.2) is 40.4 Å². The number of fused-ring (bicyclic) bond motifs is 1. The van der Waals surface area contributed by atoms with Crippen molar-refractivity contribution in [1.29, 1.82) is 0 Å². The number of carbonyl (C=O) groups is 1. The first-order chi connectivity index (χ1) is 16.6. The fourth-order valence-corrected chi connectivity index (χ4v) is 6.38. The van der Waals surface area contributed by atoms with E-state index < -0.39 is 0 Å². The summed E-state index contributed by atoms with van der Waals surface area (Å²) in [5.74, 6) is 0.0356. The number of thiophene rings is 1. The van der Waals surface area contributed by atoms with E-state index in [9.17, 15) is 4.79 Å². The number of halogens is 3. The zero-order valence-electron chi connectivity index (χ0n) is 20.5. The standard InChI is InChI=1S/C28H28ClN3OS.2ClH.H2O/c1-30-22-9-11-23(12-10-22)32(28(33)27-26(29)24-7-2-3-8-25(24)34-27)18-19-5-4-6-21(17-19)20-13-15-31-16-14-20;;;/h2-8,13-17,22-23,30H,9-12,18H2,1H3;2*1H;1H2. The minimum atomic E-state index is 0. The summed E-state index contributed by atoms with van der Waals surface area (Å²) in [6, 6.07) is 21.2. The molecule has 9 heteroatoms. The summed E-state index contributed by atoms with van der Waals surface area (Å²) in [6.07, 6.45) is 7.74. The molecule has 5 nitrogen and oxygen atoms in total. The summed E-state index contributed by atoms with van der Waals surface area (Å²) < 4.78 is 1.05. The van der Waals surface area contributed by atoms with Crippen molar-refractivity contribution in [2.75, 3.05) is 7.05 Å². The Kier molecular flexibility index (Phi) is 11.8. The third-order valence-electron chi connectivity index (χ3n) is 6.83. The largest absolute Gasteiger partial charge is 0.412 e. The van der Waals surface area contributed by atoms with Crippen LogP contribution in [0.15, 0.2) is 73.1 Å². The smallest absolute Gasteiger partial charge is 0.266 e. The highest BCUT2D eigenvalue weighted by Gasteiger charge is 2.31. The zero-order chi connectivity index (χ0) is 23.5. The monoisotopic (exact) mass is 579 g/mol. The zero-order valence-corrected chi connectivity index (χ0v) is 23.7. The van der Waals surface area contributed by atoms with Crippen molar-refractivity contribution in [3.8, 4) is 11.1 Å². The molecule has 1 aliphatic carbocycles. The van der Waals surface area contributed by atoms with Gasteiger partial charge in [0.1, 0.15) is 4.88 Å². The first-order valence-corrected chi connectivity index (χ1v) is 13.0. The van der Waals surface area contributed by atoms with Crippen LogP contribution in [0.5, 0.6) is 0 Å². The normalized spacial score (nSPS) is 16.7. The fraction of sp³-hybridized carbons (Fsp3) is 0.286. The molecule has 0 bridgehead atoms. The Morgan fingerprint density at radius 1 is 1.00 bits per heavy atom. The van der Waals surface area contributed by atoms with Crippen LogP contribution in [0.4, 0.5) is 0 Å². The van der Waals surface area contributed by atoms with Crippen LogP contribution in [-0.2, 0) is 6.54 Å². The molecular weight excluding hydrogens is 549 g/mol. The van der Waals surface area contributed by atoms with Gasteiger partial charge in [-0.3, -0.25) is 9.78 Å². The molecule has 2 heterocycles. The number of aromatic nitrogens is 1. The molecule has 4 aromatic rings. The van der Waals surface area contributed by atoms with Crippen molar-refractivity contribution >= 4 is 63.7 Å². The van der Waals surface area contributed by atoms with E-state index in [4.69, 9.17) is 11.6 Å². The Balaban J connectivity index is 0.00000160. The average molecular weight is 581 g/mol. The van der Waals surface area contributed by atoms with Gasteiger partial charge in [0.25, 0.3) is 5.91 Å². The van der Waals surface area contributed by atoms with E-state index in [1.165, 1.54) is 11.3 Å². The minimum absolute atomic E-state index is 0. The van der Waals surface area contributed by atoms with Crippen molar-refractivity contribution in [3.63, 3.8) is 0 Å². The molecule has 0 atom stereocenters. The number of pyridine rings is 1. The lowest BCUT2D eigenvalue weighted by atomic mass is 9.89. The van der Waals surface area contributed by atoms with Gasteiger partial charge in [0, 0.05) is 41.1 Å². The van der Waals surface area contributed by atoms with Crippen LogP contribution < -0.4 is 5.32 Å². The SMILES string of the molecule is CNC1CCC(N(Cc2cccc(-c3ccncc3)c2)C(=O)c2sc3ccccc3c2Cl)CC1.Cl.Cl.O. The van der Waals surface area contributed by atoms with Crippen LogP contribution in [0.1, 0.15) is 40.9 Å². The van der Waals surface area contributed by atoms with Gasteiger partial charge in [0.05, 0.1) is 5.02 Å². The molecule has 37 heavy (non-hydrogen) atoms. The van der Waals surface area contributed by atoms with Crippen molar-refractivity contribution in [2.24, 2.45) is 0 Å². The van der Waals surface area contributed by atoms with Crippen molar-refractivity contribution < 1.29 is 10.3 Å². The maximum absolute atomic E-state index is 14.0. The number of nitrogens with zero attached hydrogens (tertiary/aromatic N) is 2. The summed E-state index contributed by atoms with van der Waals surface area (Å²) in [6.45, 7) is 0.567. The molecular formula is C28H32Cl3N3O2S. The highest BCUT2D eigenvalue weighted by Crippen LogP contribution is 2.37. The minimum Gasteiger partial charge on any atom is -0.412 e. The third kappa shape index (κ3) is 6.82. The first-order valence-electron chi connectivity index (χ1n) is 11.8. The number of nitrogens with one attached hydrogen (secondary N) is 1. The lowest BCUT2D eigenvalue weighted by Crippen LogP contribution is -2.44. The third-order valence-corrected chi connectivity index (χ3v) is 8.49. The molecule has 0 radical (unpaired) electrons. The fourth-order valence-electron chi connectivity index (χ4n) is 4.92. The quantitative estimate of drug-likeness (QED) is 0.272. The van der Waals surface area contributed by atoms with Crippen LogP contribution in [0.2, 0.25) is 5.02 Å². The van der Waals surface area contributed by atoms with Gasteiger partial charge in [0.15, 0.2) is 0 Å². The van der Waals surface area contributed by atoms with E-state index in [1.54, 1.807) is 0 Å². The Hall–Kier alpha value is -2.19. The first kappa shape index (κ1) is 31.0. The molecule has 5 rings (SSSR count). The van der Waals surface area contributed by atoms with Crippen molar-refractivity contribution in [2.45, 2.75) is 44.3 Å². The van der Waals surface area contributed by atoms with Crippen molar-refractivity contribution in [1.82, 2.24) is 15.2 Å². The van der Waals surface area contributed by atoms with Gasteiger partial charge >= 0.3 is 0 Å². The summed E-state index contributed by atoms with van der Waals surface area (Å²) in [4.78, 5) is 20.8. The number of benzene rings is 2. The highest BCUT2D eigenvalue weighted by atomic mass is 35.5. The van der Waals surface area contributed by atoms with Gasteiger partial charge in [-0.1, -0.05) is 48.0 Å². The average Bonchev–Trinajstić information content (AvgIpc) is 3.24. The molecule has 1 fully saturated rings. The van der Waals surface area contributed by atoms with E-state index in [0.29, 0.717) is 22.5 Å². The molecule has 0 spiro atoms. The van der Waals surface area contributed by atoms with E-state index in [-0.39, 0.29) is 42.2 Å². The summed E-state index contributed by atoms with van der Waals surface area (Å²) in [5, 5.41) is 4.93. The Morgan fingerprint density at radius 3 is 2.38 bits per heavy atom. The lowest BCUT2D eigenvalue weighted by molar-refractivity contribution is 0.0606. The Bertz CT molecular complexity index is 1290. The molecule has 1 saturated carbocycles. The maximum atomic E-state index is 14.0. The maximum Gasteiger partial charge on any atom is 0.266 e. The molecule has 3 N–H and O–H groups in total. The number of hydrogen-bond donors (Lipinski definition) is 1. The molecule has 198 valence electrons. The number of amides is 1. The molecule has 0 saturated heterocycles. The van der Waals surface area contributed by atoms with Crippen LogP contribution in [0, 0.1) is 0 Å². The van der Waals surface area contributed by atoms with E-state index in [2.05, 4.69) is 39.5 Å². The molecule has 0 unspecified atom stereocenters. The second kappa shape index (κ2) is 14.1. The van der Waals surface area contributed by atoms with Gasteiger partial charge in [0.2, 0.25) is 0 Å². The predicted octanol–water partition coefficient (Wildman–Crippen LogP) is 6.81. The summed E-state index contributed by atoms with van der Waals surface area (Å²) in [5.41, 5.74) is 3.37. The Morgan fingerprint density at radius 2 is 1.70 bits per heavy atom. The van der Waals surface area contributed by atoms with E-state index in [1.807, 2.05) is 55.8 Å². The van der Waals surface area contributed by atoms with E-state index >= 15 is 0 Å².